The number of nitrogens with zero attached hydrogens (tertiary/aromatic N) is 1. The lowest BCUT2D eigenvalue weighted by molar-refractivity contribution is -0.122. The number of carbonyl (C=O) groups is 1. The topological polar surface area (TPSA) is 64.9 Å². The molecule has 1 unspecified atom stereocenters. The van der Waals surface area contributed by atoms with Crippen LogP contribution >= 0.6 is 0 Å². The second kappa shape index (κ2) is 5.54. The standard InChI is InChI=1S/C14H19N3O/c1-10(13(18)17-14(2,3)4)16-12-7-5-11(9-15)6-8-12/h5-8,10,16H,1-4H3,(H,17,18). The summed E-state index contributed by atoms with van der Waals surface area (Å²) in [6.07, 6.45) is 0. The average molecular weight is 245 g/mol. The zero-order chi connectivity index (χ0) is 13.8. The third kappa shape index (κ3) is 4.46. The van der Waals surface area contributed by atoms with Gasteiger partial charge in [-0.1, -0.05) is 0 Å². The average Bonchev–Trinajstić information content (AvgIpc) is 2.27. The maximum absolute atomic E-state index is 11.9. The van der Waals surface area contributed by atoms with E-state index in [1.54, 1.807) is 31.2 Å². The fraction of sp³-hybridized carbons (Fsp3) is 0.429. The third-order valence-corrected chi connectivity index (χ3v) is 2.29. The van der Waals surface area contributed by atoms with Crippen LogP contribution in [-0.4, -0.2) is 17.5 Å². The highest BCUT2D eigenvalue weighted by Gasteiger charge is 2.18. The smallest absolute Gasteiger partial charge is 0.242 e. The molecule has 0 bridgehead atoms. The molecular formula is C14H19N3O. The summed E-state index contributed by atoms with van der Waals surface area (Å²) in [7, 11) is 0. The molecule has 0 aliphatic heterocycles. The Bertz CT molecular complexity index is 451. The third-order valence-electron chi connectivity index (χ3n) is 2.29. The minimum atomic E-state index is -0.322. The monoisotopic (exact) mass is 245 g/mol. The minimum absolute atomic E-state index is 0.0492. The first-order chi connectivity index (χ1) is 8.31. The number of anilines is 1. The Kier molecular flexibility index (Phi) is 4.33. The molecule has 4 heteroatoms. The molecule has 18 heavy (non-hydrogen) atoms. The van der Waals surface area contributed by atoms with Gasteiger partial charge in [-0.15, -0.1) is 0 Å². The first-order valence-electron chi connectivity index (χ1n) is 5.90. The lowest BCUT2D eigenvalue weighted by Gasteiger charge is -2.24. The van der Waals surface area contributed by atoms with Gasteiger partial charge in [0, 0.05) is 11.2 Å². The van der Waals surface area contributed by atoms with Gasteiger partial charge in [0.15, 0.2) is 0 Å². The largest absolute Gasteiger partial charge is 0.374 e. The van der Waals surface area contributed by atoms with E-state index in [0.29, 0.717) is 5.56 Å². The summed E-state index contributed by atoms with van der Waals surface area (Å²) in [6.45, 7) is 7.64. The number of nitrogens with one attached hydrogen (secondary N) is 2. The summed E-state index contributed by atoms with van der Waals surface area (Å²) in [6, 6.07) is 8.75. The molecule has 0 aliphatic carbocycles. The predicted molar refractivity (Wildman–Crippen MR) is 72.1 cm³/mol. The van der Waals surface area contributed by atoms with Crippen molar-refractivity contribution in [2.45, 2.75) is 39.3 Å². The van der Waals surface area contributed by atoms with Gasteiger partial charge in [-0.25, -0.2) is 0 Å². The first-order valence-corrected chi connectivity index (χ1v) is 5.90. The summed E-state index contributed by atoms with van der Waals surface area (Å²) in [4.78, 5) is 11.9. The fourth-order valence-electron chi connectivity index (χ4n) is 1.43. The van der Waals surface area contributed by atoms with Gasteiger partial charge in [0.25, 0.3) is 0 Å². The Hall–Kier alpha value is -2.02. The molecule has 0 spiro atoms. The summed E-state index contributed by atoms with van der Waals surface area (Å²) in [5.41, 5.74) is 1.19. The van der Waals surface area contributed by atoms with Crippen LogP contribution in [0.1, 0.15) is 33.3 Å². The molecule has 4 nitrogen and oxygen atoms in total. The summed E-state index contributed by atoms with van der Waals surface area (Å²) >= 11 is 0. The van der Waals surface area contributed by atoms with Gasteiger partial charge in [-0.2, -0.15) is 5.26 Å². The Morgan fingerprint density at radius 2 is 1.83 bits per heavy atom. The highest BCUT2D eigenvalue weighted by Crippen LogP contribution is 2.10. The van der Waals surface area contributed by atoms with E-state index in [-0.39, 0.29) is 17.5 Å². The van der Waals surface area contributed by atoms with Crippen molar-refractivity contribution < 1.29 is 4.79 Å². The lowest BCUT2D eigenvalue weighted by Crippen LogP contribution is -2.47. The normalized spacial score (nSPS) is 12.4. The van der Waals surface area contributed by atoms with Crippen LogP contribution in [0.25, 0.3) is 0 Å². The quantitative estimate of drug-likeness (QED) is 0.858. The summed E-state index contributed by atoms with van der Waals surface area (Å²) < 4.78 is 0. The van der Waals surface area contributed by atoms with Crippen molar-refractivity contribution in [2.24, 2.45) is 0 Å². The number of nitriles is 1. The molecule has 0 saturated heterocycles. The van der Waals surface area contributed by atoms with E-state index in [1.807, 2.05) is 20.8 Å². The Morgan fingerprint density at radius 3 is 2.28 bits per heavy atom. The van der Waals surface area contributed by atoms with Crippen LogP contribution < -0.4 is 10.6 Å². The van der Waals surface area contributed by atoms with Crippen molar-refractivity contribution >= 4 is 11.6 Å². The molecule has 1 aromatic rings. The van der Waals surface area contributed by atoms with Gasteiger partial charge in [-0.05, 0) is 52.0 Å². The van der Waals surface area contributed by atoms with Crippen molar-refractivity contribution in [1.29, 1.82) is 5.26 Å². The summed E-state index contributed by atoms with van der Waals surface area (Å²) in [5, 5.41) is 14.7. The highest BCUT2D eigenvalue weighted by atomic mass is 16.2. The van der Waals surface area contributed by atoms with Crippen LogP contribution in [0.4, 0.5) is 5.69 Å². The fourth-order valence-corrected chi connectivity index (χ4v) is 1.43. The highest BCUT2D eigenvalue weighted by molar-refractivity contribution is 5.84. The molecule has 0 saturated carbocycles. The van der Waals surface area contributed by atoms with Crippen LogP contribution in [0.5, 0.6) is 0 Å². The predicted octanol–water partition coefficient (Wildman–Crippen LogP) is 2.27. The number of hydrogen-bond donors (Lipinski definition) is 2. The van der Waals surface area contributed by atoms with E-state index in [0.717, 1.165) is 5.69 Å². The maximum Gasteiger partial charge on any atom is 0.242 e. The van der Waals surface area contributed by atoms with Crippen molar-refractivity contribution in [3.05, 3.63) is 29.8 Å². The SMILES string of the molecule is CC(Nc1ccc(C#N)cc1)C(=O)NC(C)(C)C. The molecule has 2 N–H and O–H groups in total. The van der Waals surface area contributed by atoms with Gasteiger partial charge in [0.1, 0.15) is 6.04 Å². The van der Waals surface area contributed by atoms with Gasteiger partial charge in [-0.3, -0.25) is 4.79 Å². The van der Waals surface area contributed by atoms with Gasteiger partial charge in [0.2, 0.25) is 5.91 Å². The van der Waals surface area contributed by atoms with E-state index in [4.69, 9.17) is 5.26 Å². The molecule has 1 amide bonds. The lowest BCUT2D eigenvalue weighted by atomic mass is 10.1. The molecule has 1 rings (SSSR count). The van der Waals surface area contributed by atoms with Crippen molar-refractivity contribution in [3.8, 4) is 6.07 Å². The van der Waals surface area contributed by atoms with Crippen LogP contribution in [0.2, 0.25) is 0 Å². The minimum Gasteiger partial charge on any atom is -0.374 e. The molecule has 1 atom stereocenters. The number of amides is 1. The van der Waals surface area contributed by atoms with Gasteiger partial charge >= 0.3 is 0 Å². The Labute approximate surface area is 108 Å². The van der Waals surface area contributed by atoms with Crippen LogP contribution in [0.3, 0.4) is 0 Å². The molecule has 96 valence electrons. The van der Waals surface area contributed by atoms with Crippen LogP contribution in [-0.2, 0) is 4.79 Å². The number of benzene rings is 1. The van der Waals surface area contributed by atoms with Crippen LogP contribution in [0.15, 0.2) is 24.3 Å². The van der Waals surface area contributed by atoms with E-state index in [1.165, 1.54) is 0 Å². The van der Waals surface area contributed by atoms with Crippen molar-refractivity contribution in [3.63, 3.8) is 0 Å². The van der Waals surface area contributed by atoms with Crippen molar-refractivity contribution in [1.82, 2.24) is 5.32 Å². The number of hydrogen-bond acceptors (Lipinski definition) is 3. The van der Waals surface area contributed by atoms with E-state index < -0.39 is 0 Å². The molecule has 0 fully saturated rings. The van der Waals surface area contributed by atoms with E-state index >= 15 is 0 Å². The van der Waals surface area contributed by atoms with E-state index in [9.17, 15) is 4.79 Å². The van der Waals surface area contributed by atoms with Crippen molar-refractivity contribution in [2.75, 3.05) is 5.32 Å². The number of rotatable bonds is 3. The zero-order valence-electron chi connectivity index (χ0n) is 11.2. The number of carbonyl (C=O) groups excluding carboxylic acids is 1. The Balaban J connectivity index is 2.61. The summed E-state index contributed by atoms with van der Waals surface area (Å²) in [5.74, 6) is -0.0492. The second-order valence-corrected chi connectivity index (χ2v) is 5.29. The first kappa shape index (κ1) is 14.0. The van der Waals surface area contributed by atoms with E-state index in [2.05, 4.69) is 16.7 Å². The molecular weight excluding hydrogens is 226 g/mol. The zero-order valence-corrected chi connectivity index (χ0v) is 11.2. The molecule has 1 aromatic carbocycles. The second-order valence-electron chi connectivity index (χ2n) is 5.29. The van der Waals surface area contributed by atoms with Crippen LogP contribution in [0, 0.1) is 11.3 Å². The molecule has 0 aliphatic rings. The van der Waals surface area contributed by atoms with Gasteiger partial charge in [0.05, 0.1) is 11.6 Å². The maximum atomic E-state index is 11.9. The molecule has 0 radical (unpaired) electrons. The Morgan fingerprint density at radius 1 is 1.28 bits per heavy atom. The molecule has 0 aromatic heterocycles. The molecule has 0 heterocycles. The van der Waals surface area contributed by atoms with Gasteiger partial charge < -0.3 is 10.6 Å².